The third-order valence-electron chi connectivity index (χ3n) is 3.79. The number of carbonyl (C=O) groups is 1. The van der Waals surface area contributed by atoms with Crippen molar-refractivity contribution in [3.8, 4) is 0 Å². The molecule has 2 rings (SSSR count). The van der Waals surface area contributed by atoms with E-state index in [-0.39, 0.29) is 24.4 Å². The fourth-order valence-corrected chi connectivity index (χ4v) is 2.59. The number of hydrogen-bond donors (Lipinski definition) is 1. The summed E-state index contributed by atoms with van der Waals surface area (Å²) in [7, 11) is 1.92. The van der Waals surface area contributed by atoms with Crippen molar-refractivity contribution in [3.63, 3.8) is 0 Å². The van der Waals surface area contributed by atoms with Crippen LogP contribution < -0.4 is 5.32 Å². The van der Waals surface area contributed by atoms with Crippen molar-refractivity contribution >= 4 is 18.3 Å². The Bertz CT molecular complexity index is 391. The van der Waals surface area contributed by atoms with E-state index in [9.17, 15) is 4.79 Å². The van der Waals surface area contributed by atoms with Crippen LogP contribution in [0, 0.1) is 0 Å². The first-order chi connectivity index (χ1) is 9.27. The number of halogens is 1. The topological polar surface area (TPSA) is 32.3 Å². The molecule has 1 amide bonds. The summed E-state index contributed by atoms with van der Waals surface area (Å²) < 4.78 is 0. The molecule has 20 heavy (non-hydrogen) atoms. The van der Waals surface area contributed by atoms with Crippen LogP contribution in [-0.2, 0) is 11.2 Å². The summed E-state index contributed by atoms with van der Waals surface area (Å²) in [6, 6.07) is 10.6. The van der Waals surface area contributed by atoms with Crippen molar-refractivity contribution < 1.29 is 4.79 Å². The van der Waals surface area contributed by atoms with Gasteiger partial charge >= 0.3 is 0 Å². The predicted octanol–water partition coefficient (Wildman–Crippen LogP) is 2.64. The highest BCUT2D eigenvalue weighted by molar-refractivity contribution is 5.85. The Morgan fingerprint density at radius 1 is 1.30 bits per heavy atom. The molecule has 0 aromatic heterocycles. The molecule has 0 aliphatic carbocycles. The number of unbranched alkanes of at least 4 members (excludes halogenated alkanes) is 1. The van der Waals surface area contributed by atoms with E-state index in [1.807, 2.05) is 18.0 Å². The maximum absolute atomic E-state index is 12.1. The molecular weight excluding hydrogens is 272 g/mol. The molecular formula is C16H25ClN2O. The van der Waals surface area contributed by atoms with Gasteiger partial charge < -0.3 is 10.2 Å². The van der Waals surface area contributed by atoms with E-state index in [0.29, 0.717) is 0 Å². The average molecular weight is 297 g/mol. The molecule has 112 valence electrons. The van der Waals surface area contributed by atoms with Crippen LogP contribution in [0.2, 0.25) is 0 Å². The lowest BCUT2D eigenvalue weighted by Crippen LogP contribution is -2.41. The normalized spacial score (nSPS) is 17.6. The molecule has 0 bridgehead atoms. The van der Waals surface area contributed by atoms with E-state index >= 15 is 0 Å². The van der Waals surface area contributed by atoms with E-state index in [0.717, 1.165) is 45.2 Å². The van der Waals surface area contributed by atoms with Gasteiger partial charge in [0.15, 0.2) is 0 Å². The first-order valence-corrected chi connectivity index (χ1v) is 7.29. The number of rotatable bonds is 6. The average Bonchev–Trinajstić information content (AvgIpc) is 2.98. The number of carbonyl (C=O) groups excluding carboxylic acids is 1. The molecule has 1 atom stereocenters. The van der Waals surface area contributed by atoms with E-state index in [1.54, 1.807) is 0 Å². The largest absolute Gasteiger partial charge is 0.344 e. The van der Waals surface area contributed by atoms with Crippen molar-refractivity contribution in [2.75, 3.05) is 20.1 Å². The van der Waals surface area contributed by atoms with Crippen LogP contribution >= 0.6 is 12.4 Å². The van der Waals surface area contributed by atoms with Gasteiger partial charge in [-0.2, -0.15) is 0 Å². The second kappa shape index (κ2) is 8.98. The standard InChI is InChI=1S/C16H24N2O.ClH/c1-18(16(19)15-11-7-12-17-15)13-6-5-10-14-8-3-2-4-9-14;/h2-4,8-9,15,17H,5-7,10-13H2,1H3;1H. The molecule has 0 spiro atoms. The van der Waals surface area contributed by atoms with Crippen molar-refractivity contribution in [3.05, 3.63) is 35.9 Å². The van der Waals surface area contributed by atoms with Crippen LogP contribution in [0.15, 0.2) is 30.3 Å². The van der Waals surface area contributed by atoms with Gasteiger partial charge in [0.2, 0.25) is 5.91 Å². The highest BCUT2D eigenvalue weighted by Crippen LogP contribution is 2.09. The number of nitrogens with one attached hydrogen (secondary N) is 1. The van der Waals surface area contributed by atoms with Crippen LogP contribution in [0.1, 0.15) is 31.2 Å². The number of hydrogen-bond acceptors (Lipinski definition) is 2. The third-order valence-corrected chi connectivity index (χ3v) is 3.79. The zero-order valence-corrected chi connectivity index (χ0v) is 13.0. The van der Waals surface area contributed by atoms with Gasteiger partial charge in [0.05, 0.1) is 6.04 Å². The van der Waals surface area contributed by atoms with E-state index < -0.39 is 0 Å². The van der Waals surface area contributed by atoms with Crippen molar-refractivity contribution in [2.24, 2.45) is 0 Å². The van der Waals surface area contributed by atoms with Crippen LogP contribution in [0.4, 0.5) is 0 Å². The number of likely N-dealkylation sites (N-methyl/N-ethyl adjacent to an activating group) is 1. The van der Waals surface area contributed by atoms with Crippen LogP contribution in [0.5, 0.6) is 0 Å². The van der Waals surface area contributed by atoms with Crippen LogP contribution in [0.3, 0.4) is 0 Å². The molecule has 4 heteroatoms. The summed E-state index contributed by atoms with van der Waals surface area (Å²) in [5.74, 6) is 0.261. The summed E-state index contributed by atoms with van der Waals surface area (Å²) in [5, 5.41) is 3.26. The van der Waals surface area contributed by atoms with Crippen molar-refractivity contribution in [1.82, 2.24) is 10.2 Å². The zero-order chi connectivity index (χ0) is 13.5. The van der Waals surface area contributed by atoms with Gasteiger partial charge in [0.1, 0.15) is 0 Å². The molecule has 1 aromatic rings. The second-order valence-corrected chi connectivity index (χ2v) is 5.35. The second-order valence-electron chi connectivity index (χ2n) is 5.35. The number of aryl methyl sites for hydroxylation is 1. The Balaban J connectivity index is 0.00000200. The molecule has 1 aliphatic rings. The zero-order valence-electron chi connectivity index (χ0n) is 12.2. The van der Waals surface area contributed by atoms with Crippen molar-refractivity contribution in [1.29, 1.82) is 0 Å². The van der Waals surface area contributed by atoms with Gasteiger partial charge in [-0.3, -0.25) is 4.79 Å². The summed E-state index contributed by atoms with van der Waals surface area (Å²) in [6.45, 7) is 1.85. The quantitative estimate of drug-likeness (QED) is 0.819. The molecule has 1 unspecified atom stereocenters. The monoisotopic (exact) mass is 296 g/mol. The Kier molecular flexibility index (Phi) is 7.63. The lowest BCUT2D eigenvalue weighted by Gasteiger charge is -2.21. The van der Waals surface area contributed by atoms with Gasteiger partial charge in [-0.05, 0) is 44.2 Å². The molecule has 1 saturated heterocycles. The summed E-state index contributed by atoms with van der Waals surface area (Å²) in [5.41, 5.74) is 1.38. The number of benzene rings is 1. The molecule has 1 aliphatic heterocycles. The fourth-order valence-electron chi connectivity index (χ4n) is 2.59. The number of nitrogens with zero attached hydrogens (tertiary/aromatic N) is 1. The van der Waals surface area contributed by atoms with E-state index in [2.05, 4.69) is 29.6 Å². The Hall–Kier alpha value is -1.06. The molecule has 3 nitrogen and oxygen atoms in total. The summed E-state index contributed by atoms with van der Waals surface area (Å²) in [6.07, 6.45) is 5.43. The minimum atomic E-state index is 0. The van der Waals surface area contributed by atoms with Gasteiger partial charge in [0, 0.05) is 13.6 Å². The summed E-state index contributed by atoms with van der Waals surface area (Å²) >= 11 is 0. The molecule has 1 fully saturated rings. The molecule has 1 N–H and O–H groups in total. The maximum Gasteiger partial charge on any atom is 0.239 e. The van der Waals surface area contributed by atoms with E-state index in [1.165, 1.54) is 5.56 Å². The lowest BCUT2D eigenvalue weighted by atomic mass is 10.1. The molecule has 0 saturated carbocycles. The lowest BCUT2D eigenvalue weighted by molar-refractivity contribution is -0.131. The SMILES string of the molecule is CN(CCCCc1ccccc1)C(=O)C1CCCN1.Cl. The van der Waals surface area contributed by atoms with Gasteiger partial charge in [-0.25, -0.2) is 0 Å². The highest BCUT2D eigenvalue weighted by atomic mass is 35.5. The highest BCUT2D eigenvalue weighted by Gasteiger charge is 2.24. The first kappa shape index (κ1) is 17.0. The summed E-state index contributed by atoms with van der Waals surface area (Å²) in [4.78, 5) is 14.0. The Labute approximate surface area is 128 Å². The van der Waals surface area contributed by atoms with Gasteiger partial charge in [-0.15, -0.1) is 12.4 Å². The van der Waals surface area contributed by atoms with Gasteiger partial charge in [-0.1, -0.05) is 30.3 Å². The molecule has 1 aromatic carbocycles. The third kappa shape index (κ3) is 5.14. The Morgan fingerprint density at radius 2 is 2.05 bits per heavy atom. The van der Waals surface area contributed by atoms with Crippen LogP contribution in [-0.4, -0.2) is 37.0 Å². The predicted molar refractivity (Wildman–Crippen MR) is 85.3 cm³/mol. The minimum absolute atomic E-state index is 0. The fraction of sp³-hybridized carbons (Fsp3) is 0.562. The number of amides is 1. The molecule has 0 radical (unpaired) electrons. The first-order valence-electron chi connectivity index (χ1n) is 7.29. The van der Waals surface area contributed by atoms with Crippen molar-refractivity contribution in [2.45, 2.75) is 38.1 Å². The van der Waals surface area contributed by atoms with E-state index in [4.69, 9.17) is 0 Å². The van der Waals surface area contributed by atoms with Crippen LogP contribution in [0.25, 0.3) is 0 Å². The maximum atomic E-state index is 12.1. The van der Waals surface area contributed by atoms with Gasteiger partial charge in [0.25, 0.3) is 0 Å². The smallest absolute Gasteiger partial charge is 0.239 e. The minimum Gasteiger partial charge on any atom is -0.344 e. The Morgan fingerprint density at radius 3 is 2.70 bits per heavy atom. The molecule has 1 heterocycles.